The lowest BCUT2D eigenvalue weighted by atomic mass is 9.62. The first kappa shape index (κ1) is 22.5. The van der Waals surface area contributed by atoms with Crippen molar-refractivity contribution in [2.75, 3.05) is 13.7 Å². The van der Waals surface area contributed by atoms with Gasteiger partial charge >= 0.3 is 0 Å². The number of hydrogen-bond donors (Lipinski definition) is 0. The summed E-state index contributed by atoms with van der Waals surface area (Å²) in [6.07, 6.45) is 1.00. The van der Waals surface area contributed by atoms with E-state index in [0.717, 1.165) is 5.57 Å². The molecule has 1 saturated heterocycles. The Morgan fingerprint density at radius 2 is 1.97 bits per heavy atom. The van der Waals surface area contributed by atoms with Crippen LogP contribution in [-0.2, 0) is 4.79 Å². The second kappa shape index (κ2) is 7.89. The number of aldehydes is 1. The first-order valence-electron chi connectivity index (χ1n) is 9.30. The quantitative estimate of drug-likeness (QED) is 0.229. The van der Waals surface area contributed by atoms with Crippen molar-refractivity contribution in [3.05, 3.63) is 40.0 Å². The van der Waals surface area contributed by atoms with Crippen molar-refractivity contribution in [1.29, 1.82) is 0 Å². The lowest BCUT2D eigenvalue weighted by molar-refractivity contribution is -0.385. The number of nitrogens with zero attached hydrogens (tertiary/aromatic N) is 2. The fourth-order valence-electron chi connectivity index (χ4n) is 2.87. The standard InChI is InChI=1S/C20H27BN2O6/c1-12-7-13(11-24)22(10-12)18(25)14-8-16(28-6)17(9-15(14)23(26)27)29-20(4,5)19(2,3)21/h8-9,11,13H,1,7,10,21H2,2-6H3/t13-/m0/s1. The van der Waals surface area contributed by atoms with E-state index in [4.69, 9.17) is 9.47 Å². The molecule has 0 aromatic heterocycles. The van der Waals surface area contributed by atoms with Crippen LogP contribution in [-0.4, -0.2) is 55.2 Å². The summed E-state index contributed by atoms with van der Waals surface area (Å²) in [5.41, 5.74) is -0.515. The zero-order chi connectivity index (χ0) is 22.1. The maximum absolute atomic E-state index is 13.0. The summed E-state index contributed by atoms with van der Waals surface area (Å²) in [5, 5.41) is 11.5. The van der Waals surface area contributed by atoms with E-state index in [-0.39, 0.29) is 28.9 Å². The minimum Gasteiger partial charge on any atom is -0.493 e. The molecule has 9 heteroatoms. The molecule has 1 aliphatic rings. The van der Waals surface area contributed by atoms with Crippen LogP contribution in [0, 0.1) is 10.1 Å². The van der Waals surface area contributed by atoms with Gasteiger partial charge < -0.3 is 19.2 Å². The number of amides is 1. The molecule has 1 amide bonds. The van der Waals surface area contributed by atoms with Gasteiger partial charge in [0.25, 0.3) is 11.6 Å². The van der Waals surface area contributed by atoms with Crippen LogP contribution in [0.3, 0.4) is 0 Å². The molecule has 0 aliphatic carbocycles. The SMILES string of the molecule is BC(C)(C)C(C)(C)Oc1cc([N+](=O)[O-])c(C(=O)N2CC(=C)C[C@H]2C=O)cc1OC. The molecule has 0 unspecified atom stereocenters. The number of hydrogen-bond acceptors (Lipinski definition) is 6. The molecular formula is C20H27BN2O6. The van der Waals surface area contributed by atoms with Crippen LogP contribution in [0.1, 0.15) is 44.5 Å². The number of ether oxygens (including phenoxy) is 2. The highest BCUT2D eigenvalue weighted by atomic mass is 16.6. The van der Waals surface area contributed by atoms with Crippen LogP contribution in [0.15, 0.2) is 24.3 Å². The number of carbonyl (C=O) groups is 2. The highest BCUT2D eigenvalue weighted by Gasteiger charge is 2.38. The molecule has 8 nitrogen and oxygen atoms in total. The molecule has 0 radical (unpaired) electrons. The number of methoxy groups -OCH3 is 1. The van der Waals surface area contributed by atoms with Crippen LogP contribution in [0.25, 0.3) is 0 Å². The van der Waals surface area contributed by atoms with Crippen molar-refractivity contribution in [3.63, 3.8) is 0 Å². The van der Waals surface area contributed by atoms with Crippen molar-refractivity contribution in [2.24, 2.45) is 0 Å². The van der Waals surface area contributed by atoms with Gasteiger partial charge in [0.15, 0.2) is 11.5 Å². The Labute approximate surface area is 171 Å². The Balaban J connectivity index is 2.55. The third-order valence-corrected chi connectivity index (χ3v) is 5.59. The third-order valence-electron chi connectivity index (χ3n) is 5.59. The Morgan fingerprint density at radius 3 is 2.45 bits per heavy atom. The van der Waals surface area contributed by atoms with Gasteiger partial charge in [-0.05, 0) is 25.6 Å². The van der Waals surface area contributed by atoms with Gasteiger partial charge in [0.1, 0.15) is 25.3 Å². The van der Waals surface area contributed by atoms with E-state index < -0.39 is 28.2 Å². The van der Waals surface area contributed by atoms with Crippen LogP contribution >= 0.6 is 0 Å². The molecule has 0 saturated carbocycles. The van der Waals surface area contributed by atoms with Gasteiger partial charge in [-0.3, -0.25) is 14.9 Å². The Hall–Kier alpha value is -2.84. The summed E-state index contributed by atoms with van der Waals surface area (Å²) in [4.78, 5) is 36.7. The topological polar surface area (TPSA) is 99.0 Å². The number of rotatable bonds is 7. The highest BCUT2D eigenvalue weighted by Crippen LogP contribution is 2.43. The number of nitro benzene ring substituents is 1. The zero-order valence-corrected chi connectivity index (χ0v) is 17.8. The molecule has 29 heavy (non-hydrogen) atoms. The van der Waals surface area contributed by atoms with E-state index in [2.05, 4.69) is 6.58 Å². The summed E-state index contributed by atoms with van der Waals surface area (Å²) < 4.78 is 11.4. The van der Waals surface area contributed by atoms with Crippen molar-refractivity contribution in [3.8, 4) is 11.5 Å². The lowest BCUT2D eigenvalue weighted by Crippen LogP contribution is -2.40. The Morgan fingerprint density at radius 1 is 1.34 bits per heavy atom. The van der Waals surface area contributed by atoms with E-state index in [0.29, 0.717) is 12.7 Å². The van der Waals surface area contributed by atoms with Gasteiger partial charge in [-0.1, -0.05) is 26.0 Å². The minimum absolute atomic E-state index is 0.158. The smallest absolute Gasteiger partial charge is 0.286 e. The monoisotopic (exact) mass is 402 g/mol. The van der Waals surface area contributed by atoms with E-state index in [1.807, 2.05) is 35.5 Å². The van der Waals surface area contributed by atoms with E-state index in [1.54, 1.807) is 0 Å². The molecule has 1 fully saturated rings. The molecule has 156 valence electrons. The molecule has 1 heterocycles. The molecule has 1 aliphatic heterocycles. The summed E-state index contributed by atoms with van der Waals surface area (Å²) in [5.74, 6) is -0.238. The van der Waals surface area contributed by atoms with Crippen molar-refractivity contribution >= 4 is 25.7 Å². The van der Waals surface area contributed by atoms with Gasteiger partial charge in [0.05, 0.1) is 24.1 Å². The molecule has 1 aromatic rings. The fraction of sp³-hybridized carbons (Fsp3) is 0.500. The van der Waals surface area contributed by atoms with Crippen molar-refractivity contribution < 1.29 is 24.0 Å². The van der Waals surface area contributed by atoms with Crippen LogP contribution in [0.4, 0.5) is 5.69 Å². The maximum Gasteiger partial charge on any atom is 0.286 e. The molecule has 1 aromatic carbocycles. The number of nitro groups is 1. The van der Waals surface area contributed by atoms with E-state index >= 15 is 0 Å². The Bertz CT molecular complexity index is 859. The highest BCUT2D eigenvalue weighted by molar-refractivity contribution is 6.15. The molecular weight excluding hydrogens is 375 g/mol. The zero-order valence-electron chi connectivity index (χ0n) is 17.8. The predicted molar refractivity (Wildman–Crippen MR) is 112 cm³/mol. The molecule has 2 rings (SSSR count). The number of likely N-dealkylation sites (tertiary alicyclic amines) is 1. The second-order valence-corrected chi connectivity index (χ2v) is 8.73. The van der Waals surface area contributed by atoms with Gasteiger partial charge in [0.2, 0.25) is 0 Å². The molecule has 0 N–H and O–H groups in total. The summed E-state index contributed by atoms with van der Waals surface area (Å²) in [6.45, 7) is 11.7. The van der Waals surface area contributed by atoms with Gasteiger partial charge in [-0.25, -0.2) is 0 Å². The van der Waals surface area contributed by atoms with Crippen LogP contribution in [0.5, 0.6) is 11.5 Å². The maximum atomic E-state index is 13.0. The number of benzene rings is 1. The first-order valence-corrected chi connectivity index (χ1v) is 9.30. The normalized spacial score (nSPS) is 17.2. The predicted octanol–water partition coefficient (Wildman–Crippen LogP) is 2.56. The van der Waals surface area contributed by atoms with E-state index in [9.17, 15) is 19.7 Å². The molecule has 1 atom stereocenters. The van der Waals surface area contributed by atoms with Crippen LogP contribution in [0.2, 0.25) is 5.31 Å². The summed E-state index contributed by atoms with van der Waals surface area (Å²) >= 11 is 0. The van der Waals surface area contributed by atoms with Crippen molar-refractivity contribution in [2.45, 2.75) is 51.1 Å². The largest absolute Gasteiger partial charge is 0.493 e. The average Bonchev–Trinajstić information content (AvgIpc) is 3.00. The summed E-state index contributed by atoms with van der Waals surface area (Å²) in [7, 11) is 3.39. The second-order valence-electron chi connectivity index (χ2n) is 8.73. The van der Waals surface area contributed by atoms with E-state index in [1.165, 1.54) is 24.1 Å². The fourth-order valence-corrected chi connectivity index (χ4v) is 2.87. The first-order chi connectivity index (χ1) is 13.3. The Kier molecular flexibility index (Phi) is 6.11. The molecule has 0 bridgehead atoms. The van der Waals surface area contributed by atoms with Crippen molar-refractivity contribution in [1.82, 2.24) is 4.90 Å². The summed E-state index contributed by atoms with van der Waals surface area (Å²) in [6, 6.07) is 1.83. The average molecular weight is 402 g/mol. The van der Waals surface area contributed by atoms with Gasteiger partial charge in [-0.2, -0.15) is 0 Å². The number of carbonyl (C=O) groups excluding carboxylic acids is 2. The van der Waals surface area contributed by atoms with Gasteiger partial charge in [-0.15, -0.1) is 0 Å². The van der Waals surface area contributed by atoms with Crippen LogP contribution < -0.4 is 9.47 Å². The minimum atomic E-state index is -0.684. The third kappa shape index (κ3) is 4.44. The lowest BCUT2D eigenvalue weighted by Gasteiger charge is -2.39. The van der Waals surface area contributed by atoms with Gasteiger partial charge in [0, 0.05) is 12.6 Å². The molecule has 0 spiro atoms.